The molecule has 3 aromatic carbocycles. The molecule has 0 radical (unpaired) electrons. The number of carbonyl (C=O) groups is 2. The summed E-state index contributed by atoms with van der Waals surface area (Å²) in [5.74, 6) is 1.83. The second-order valence-corrected chi connectivity index (χ2v) is 7.57. The van der Waals surface area contributed by atoms with Gasteiger partial charge in [-0.25, -0.2) is 0 Å². The van der Waals surface area contributed by atoms with Gasteiger partial charge >= 0.3 is 0 Å². The second kappa shape index (κ2) is 12.3. The molecule has 0 atom stereocenters. The second-order valence-electron chi connectivity index (χ2n) is 7.57. The first-order valence-electron chi connectivity index (χ1n) is 10.9. The molecule has 0 bridgehead atoms. The van der Waals surface area contributed by atoms with Crippen molar-refractivity contribution in [3.63, 3.8) is 0 Å². The Morgan fingerprint density at radius 1 is 0.848 bits per heavy atom. The number of hydrogen-bond acceptors (Lipinski definition) is 5. The molecule has 0 aromatic heterocycles. The Balaban J connectivity index is 1.35. The van der Waals surface area contributed by atoms with Gasteiger partial charge in [0.05, 0.1) is 13.7 Å². The lowest BCUT2D eigenvalue weighted by molar-refractivity contribution is -0.121. The molecule has 0 saturated carbocycles. The van der Waals surface area contributed by atoms with Gasteiger partial charge in [-0.3, -0.25) is 9.59 Å². The SMILES string of the molecule is COc1cc(C(C)=O)ccc1OCCCC(=O)NCc1ccc(COc2ccccc2)cc1. The minimum atomic E-state index is -0.0355. The van der Waals surface area contributed by atoms with E-state index in [2.05, 4.69) is 5.32 Å². The average Bonchev–Trinajstić information content (AvgIpc) is 2.85. The number of rotatable bonds is 12. The largest absolute Gasteiger partial charge is 0.493 e. The van der Waals surface area contributed by atoms with Gasteiger partial charge in [-0.1, -0.05) is 42.5 Å². The standard InChI is InChI=1S/C27H29NO5/c1-20(29)23-14-15-25(26(17-23)31-2)32-16-6-9-27(30)28-18-21-10-12-22(13-11-21)19-33-24-7-4-3-5-8-24/h3-5,7-8,10-15,17H,6,9,16,18-19H2,1-2H3,(H,28,30). The molecular weight excluding hydrogens is 418 g/mol. The van der Waals surface area contributed by atoms with E-state index in [1.807, 2.05) is 54.6 Å². The topological polar surface area (TPSA) is 73.9 Å². The van der Waals surface area contributed by atoms with E-state index in [1.165, 1.54) is 14.0 Å². The van der Waals surface area contributed by atoms with Gasteiger partial charge in [-0.2, -0.15) is 0 Å². The first-order chi connectivity index (χ1) is 16.0. The highest BCUT2D eigenvalue weighted by Gasteiger charge is 2.09. The summed E-state index contributed by atoms with van der Waals surface area (Å²) in [4.78, 5) is 23.6. The third-order valence-corrected chi connectivity index (χ3v) is 5.04. The summed E-state index contributed by atoms with van der Waals surface area (Å²) < 4.78 is 16.7. The maximum Gasteiger partial charge on any atom is 0.220 e. The van der Waals surface area contributed by atoms with Crippen molar-refractivity contribution in [3.8, 4) is 17.2 Å². The summed E-state index contributed by atoms with van der Waals surface area (Å²) in [6, 6.07) is 22.7. The molecular formula is C27H29NO5. The van der Waals surface area contributed by atoms with Crippen LogP contribution in [0, 0.1) is 0 Å². The molecule has 6 heteroatoms. The molecule has 33 heavy (non-hydrogen) atoms. The summed E-state index contributed by atoms with van der Waals surface area (Å²) in [6.45, 7) is 2.85. The van der Waals surface area contributed by atoms with Crippen molar-refractivity contribution in [3.05, 3.63) is 89.5 Å². The predicted octanol–water partition coefficient (Wildman–Crippen LogP) is 4.95. The minimum absolute atomic E-state index is 0.0334. The van der Waals surface area contributed by atoms with E-state index in [4.69, 9.17) is 14.2 Å². The van der Waals surface area contributed by atoms with Gasteiger partial charge < -0.3 is 19.5 Å². The van der Waals surface area contributed by atoms with Gasteiger partial charge in [0.2, 0.25) is 5.91 Å². The molecule has 0 spiro atoms. The molecule has 3 aromatic rings. The summed E-state index contributed by atoms with van der Waals surface area (Å²) in [7, 11) is 1.53. The fourth-order valence-corrected chi connectivity index (χ4v) is 3.15. The summed E-state index contributed by atoms with van der Waals surface area (Å²) >= 11 is 0. The van der Waals surface area contributed by atoms with Crippen LogP contribution in [0.2, 0.25) is 0 Å². The van der Waals surface area contributed by atoms with Gasteiger partial charge in [0.15, 0.2) is 17.3 Å². The van der Waals surface area contributed by atoms with Gasteiger partial charge in [0, 0.05) is 18.5 Å². The Bertz CT molecular complexity index is 1050. The number of carbonyl (C=O) groups excluding carboxylic acids is 2. The fourth-order valence-electron chi connectivity index (χ4n) is 3.15. The van der Waals surface area contributed by atoms with Crippen LogP contribution in [0.1, 0.15) is 41.3 Å². The van der Waals surface area contributed by atoms with Crippen molar-refractivity contribution in [1.82, 2.24) is 5.32 Å². The van der Waals surface area contributed by atoms with E-state index in [0.717, 1.165) is 16.9 Å². The van der Waals surface area contributed by atoms with Gasteiger partial charge in [-0.15, -0.1) is 0 Å². The van der Waals surface area contributed by atoms with E-state index in [-0.39, 0.29) is 11.7 Å². The van der Waals surface area contributed by atoms with Crippen molar-refractivity contribution in [2.75, 3.05) is 13.7 Å². The lowest BCUT2D eigenvalue weighted by atomic mass is 10.1. The third-order valence-electron chi connectivity index (χ3n) is 5.04. The van der Waals surface area contributed by atoms with Crippen LogP contribution in [0.15, 0.2) is 72.8 Å². The van der Waals surface area contributed by atoms with E-state index in [0.29, 0.717) is 49.7 Å². The number of ether oxygens (including phenoxy) is 3. The maximum absolute atomic E-state index is 12.1. The predicted molar refractivity (Wildman–Crippen MR) is 127 cm³/mol. The van der Waals surface area contributed by atoms with Crippen LogP contribution in [0.3, 0.4) is 0 Å². The lowest BCUT2D eigenvalue weighted by Gasteiger charge is -2.11. The van der Waals surface area contributed by atoms with Crippen LogP contribution in [-0.4, -0.2) is 25.4 Å². The molecule has 1 N–H and O–H groups in total. The average molecular weight is 448 g/mol. The van der Waals surface area contributed by atoms with Crippen LogP contribution >= 0.6 is 0 Å². The molecule has 0 unspecified atom stereocenters. The molecule has 3 rings (SSSR count). The monoisotopic (exact) mass is 447 g/mol. The molecule has 0 aliphatic heterocycles. The van der Waals surface area contributed by atoms with E-state index < -0.39 is 0 Å². The van der Waals surface area contributed by atoms with Crippen molar-refractivity contribution in [2.45, 2.75) is 32.9 Å². The maximum atomic E-state index is 12.1. The third kappa shape index (κ3) is 7.68. The molecule has 172 valence electrons. The number of benzene rings is 3. The summed E-state index contributed by atoms with van der Waals surface area (Å²) in [5, 5.41) is 2.93. The Hall–Kier alpha value is -3.80. The highest BCUT2D eigenvalue weighted by Crippen LogP contribution is 2.28. The van der Waals surface area contributed by atoms with Crippen LogP contribution in [0.4, 0.5) is 0 Å². The quantitative estimate of drug-likeness (QED) is 0.314. The van der Waals surface area contributed by atoms with E-state index >= 15 is 0 Å². The first kappa shape index (κ1) is 23.9. The molecule has 1 amide bonds. The normalized spacial score (nSPS) is 10.4. The zero-order valence-electron chi connectivity index (χ0n) is 19.0. The number of nitrogens with one attached hydrogen (secondary N) is 1. The van der Waals surface area contributed by atoms with Crippen molar-refractivity contribution < 1.29 is 23.8 Å². The Kier molecular flexibility index (Phi) is 8.88. The lowest BCUT2D eigenvalue weighted by Crippen LogP contribution is -2.23. The van der Waals surface area contributed by atoms with E-state index in [9.17, 15) is 9.59 Å². The van der Waals surface area contributed by atoms with Gasteiger partial charge in [0.1, 0.15) is 12.4 Å². The molecule has 6 nitrogen and oxygen atoms in total. The van der Waals surface area contributed by atoms with Crippen LogP contribution in [-0.2, 0) is 17.9 Å². The van der Waals surface area contributed by atoms with Crippen LogP contribution < -0.4 is 19.5 Å². The Labute approximate surface area is 194 Å². The van der Waals surface area contributed by atoms with Crippen molar-refractivity contribution >= 4 is 11.7 Å². The number of para-hydroxylation sites is 1. The smallest absolute Gasteiger partial charge is 0.220 e. The molecule has 0 saturated heterocycles. The number of amides is 1. The molecule has 0 aliphatic carbocycles. The van der Waals surface area contributed by atoms with Gasteiger partial charge in [0.25, 0.3) is 0 Å². The highest BCUT2D eigenvalue weighted by molar-refractivity contribution is 5.94. The zero-order valence-corrected chi connectivity index (χ0v) is 19.0. The van der Waals surface area contributed by atoms with Crippen molar-refractivity contribution in [1.29, 1.82) is 0 Å². The van der Waals surface area contributed by atoms with Crippen LogP contribution in [0.5, 0.6) is 17.2 Å². The zero-order chi connectivity index (χ0) is 23.5. The number of hydrogen-bond donors (Lipinski definition) is 1. The minimum Gasteiger partial charge on any atom is -0.493 e. The fraction of sp³-hybridized carbons (Fsp3) is 0.259. The number of Topliss-reactive ketones (excluding diaryl/α,β-unsaturated/α-hetero) is 1. The molecule has 0 fully saturated rings. The first-order valence-corrected chi connectivity index (χ1v) is 10.9. The number of methoxy groups -OCH3 is 1. The Morgan fingerprint density at radius 3 is 2.27 bits per heavy atom. The molecule has 0 heterocycles. The van der Waals surface area contributed by atoms with Crippen LogP contribution in [0.25, 0.3) is 0 Å². The Morgan fingerprint density at radius 2 is 1.58 bits per heavy atom. The molecule has 0 aliphatic rings. The summed E-state index contributed by atoms with van der Waals surface area (Å²) in [6.07, 6.45) is 0.927. The van der Waals surface area contributed by atoms with Crippen molar-refractivity contribution in [2.24, 2.45) is 0 Å². The number of ketones is 1. The van der Waals surface area contributed by atoms with Gasteiger partial charge in [-0.05, 0) is 54.8 Å². The summed E-state index contributed by atoms with van der Waals surface area (Å²) in [5.41, 5.74) is 2.66. The van der Waals surface area contributed by atoms with E-state index in [1.54, 1.807) is 18.2 Å². The highest BCUT2D eigenvalue weighted by atomic mass is 16.5.